The average molecular weight is 183 g/mol. The third kappa shape index (κ3) is 2.40. The van der Waals surface area contributed by atoms with Gasteiger partial charge in [-0.2, -0.15) is 0 Å². The number of rotatable bonds is 3. The van der Waals surface area contributed by atoms with Gasteiger partial charge in [0.25, 0.3) is 5.56 Å². The van der Waals surface area contributed by atoms with E-state index in [2.05, 4.69) is 4.74 Å². The summed E-state index contributed by atoms with van der Waals surface area (Å²) < 4.78 is 6.06. The first-order valence-electron chi connectivity index (χ1n) is 4.02. The van der Waals surface area contributed by atoms with E-state index in [0.29, 0.717) is 5.56 Å². The Kier molecular flexibility index (Phi) is 3.22. The normalized spacial score (nSPS) is 12.8. The molecular weight excluding hydrogens is 170 g/mol. The molecule has 0 aromatic carbocycles. The summed E-state index contributed by atoms with van der Waals surface area (Å²) in [6, 6.07) is 3.50. The fourth-order valence-corrected chi connectivity index (χ4v) is 1.04. The van der Waals surface area contributed by atoms with E-state index in [4.69, 9.17) is 5.11 Å². The van der Waals surface area contributed by atoms with Gasteiger partial charge >= 0.3 is 0 Å². The SMILES string of the molecule is COC(O)Cn1cccc(C)c1=O. The van der Waals surface area contributed by atoms with E-state index in [1.54, 1.807) is 25.3 Å². The van der Waals surface area contributed by atoms with Gasteiger partial charge in [0.15, 0.2) is 6.29 Å². The van der Waals surface area contributed by atoms with E-state index in [-0.39, 0.29) is 12.1 Å². The van der Waals surface area contributed by atoms with Gasteiger partial charge in [-0.25, -0.2) is 0 Å². The minimum absolute atomic E-state index is 0.0985. The van der Waals surface area contributed by atoms with Crippen molar-refractivity contribution in [1.29, 1.82) is 0 Å². The molecule has 0 saturated heterocycles. The summed E-state index contributed by atoms with van der Waals surface area (Å²) in [6.45, 7) is 1.90. The zero-order valence-corrected chi connectivity index (χ0v) is 7.73. The highest BCUT2D eigenvalue weighted by atomic mass is 16.6. The Hall–Kier alpha value is -1.13. The Labute approximate surface area is 76.4 Å². The first kappa shape index (κ1) is 9.95. The van der Waals surface area contributed by atoms with Crippen molar-refractivity contribution in [2.75, 3.05) is 7.11 Å². The second-order valence-corrected chi connectivity index (χ2v) is 2.84. The second kappa shape index (κ2) is 4.20. The Morgan fingerprint density at radius 2 is 2.38 bits per heavy atom. The van der Waals surface area contributed by atoms with Gasteiger partial charge in [0.1, 0.15) is 0 Å². The number of aliphatic hydroxyl groups excluding tert-OH is 1. The number of nitrogens with zero attached hydrogens (tertiary/aromatic N) is 1. The molecule has 1 rings (SSSR count). The van der Waals surface area contributed by atoms with E-state index >= 15 is 0 Å². The standard InChI is InChI=1S/C9H13NO3/c1-7-4-3-5-10(9(7)12)6-8(11)13-2/h3-5,8,11H,6H2,1-2H3. The molecule has 1 unspecified atom stereocenters. The van der Waals surface area contributed by atoms with Crippen molar-refractivity contribution in [2.45, 2.75) is 19.8 Å². The molecule has 0 spiro atoms. The number of aliphatic hydroxyl groups is 1. The lowest BCUT2D eigenvalue weighted by molar-refractivity contribution is -0.0839. The van der Waals surface area contributed by atoms with Crippen molar-refractivity contribution in [1.82, 2.24) is 4.57 Å². The third-order valence-corrected chi connectivity index (χ3v) is 1.84. The Bertz CT molecular complexity index is 332. The third-order valence-electron chi connectivity index (χ3n) is 1.84. The van der Waals surface area contributed by atoms with E-state index in [0.717, 1.165) is 0 Å². The molecule has 1 N–H and O–H groups in total. The van der Waals surface area contributed by atoms with Crippen LogP contribution in [0.15, 0.2) is 23.1 Å². The number of methoxy groups -OCH3 is 1. The monoisotopic (exact) mass is 183 g/mol. The molecule has 13 heavy (non-hydrogen) atoms. The molecule has 0 fully saturated rings. The lowest BCUT2D eigenvalue weighted by Crippen LogP contribution is -2.28. The maximum atomic E-state index is 11.4. The van der Waals surface area contributed by atoms with Crippen LogP contribution in [0.3, 0.4) is 0 Å². The predicted molar refractivity (Wildman–Crippen MR) is 48.5 cm³/mol. The van der Waals surface area contributed by atoms with Crippen LogP contribution >= 0.6 is 0 Å². The molecule has 0 radical (unpaired) electrons. The maximum Gasteiger partial charge on any atom is 0.253 e. The van der Waals surface area contributed by atoms with Crippen LogP contribution in [-0.2, 0) is 11.3 Å². The van der Waals surface area contributed by atoms with Crippen molar-refractivity contribution in [3.8, 4) is 0 Å². The van der Waals surface area contributed by atoms with Gasteiger partial charge in [-0.1, -0.05) is 6.07 Å². The van der Waals surface area contributed by atoms with Gasteiger partial charge < -0.3 is 14.4 Å². The van der Waals surface area contributed by atoms with Crippen molar-refractivity contribution < 1.29 is 9.84 Å². The Morgan fingerprint density at radius 3 is 3.00 bits per heavy atom. The van der Waals surface area contributed by atoms with E-state index in [1.165, 1.54) is 11.7 Å². The molecule has 72 valence electrons. The number of ether oxygens (including phenoxy) is 1. The number of hydrogen-bond donors (Lipinski definition) is 1. The number of aromatic nitrogens is 1. The van der Waals surface area contributed by atoms with Crippen LogP contribution in [0.5, 0.6) is 0 Å². The highest BCUT2D eigenvalue weighted by Gasteiger charge is 2.04. The first-order valence-corrected chi connectivity index (χ1v) is 4.02. The average Bonchev–Trinajstić information content (AvgIpc) is 2.13. The first-order chi connectivity index (χ1) is 6.15. The molecule has 0 amide bonds. The summed E-state index contributed by atoms with van der Waals surface area (Å²) in [4.78, 5) is 11.4. The second-order valence-electron chi connectivity index (χ2n) is 2.84. The van der Waals surface area contributed by atoms with Crippen molar-refractivity contribution >= 4 is 0 Å². The molecule has 0 saturated carbocycles. The topological polar surface area (TPSA) is 51.5 Å². The zero-order chi connectivity index (χ0) is 9.84. The lowest BCUT2D eigenvalue weighted by Gasteiger charge is -2.10. The zero-order valence-electron chi connectivity index (χ0n) is 7.73. The van der Waals surface area contributed by atoms with Gasteiger partial charge in [-0.05, 0) is 13.0 Å². The van der Waals surface area contributed by atoms with Crippen LogP contribution in [0, 0.1) is 6.92 Å². The van der Waals surface area contributed by atoms with E-state index in [1.807, 2.05) is 0 Å². The molecular formula is C9H13NO3. The molecule has 1 aromatic rings. The van der Waals surface area contributed by atoms with Gasteiger partial charge in [-0.15, -0.1) is 0 Å². The number of pyridine rings is 1. The van der Waals surface area contributed by atoms with Crippen molar-refractivity contribution in [3.63, 3.8) is 0 Å². The number of hydrogen-bond acceptors (Lipinski definition) is 3. The Morgan fingerprint density at radius 1 is 1.69 bits per heavy atom. The number of aryl methyl sites for hydroxylation is 1. The van der Waals surface area contributed by atoms with Gasteiger partial charge in [0, 0.05) is 18.9 Å². The molecule has 0 aliphatic rings. The minimum atomic E-state index is -0.931. The highest BCUT2D eigenvalue weighted by molar-refractivity contribution is 5.07. The summed E-state index contributed by atoms with van der Waals surface area (Å²) in [5.74, 6) is 0. The smallest absolute Gasteiger partial charge is 0.253 e. The summed E-state index contributed by atoms with van der Waals surface area (Å²) in [7, 11) is 1.39. The van der Waals surface area contributed by atoms with Crippen molar-refractivity contribution in [2.24, 2.45) is 0 Å². The maximum absolute atomic E-state index is 11.4. The predicted octanol–water partition coefficient (Wildman–Crippen LogP) is 0.122. The van der Waals surface area contributed by atoms with Gasteiger partial charge in [0.2, 0.25) is 0 Å². The van der Waals surface area contributed by atoms with E-state index < -0.39 is 6.29 Å². The summed E-state index contributed by atoms with van der Waals surface area (Å²) >= 11 is 0. The summed E-state index contributed by atoms with van der Waals surface area (Å²) in [6.07, 6.45) is 0.692. The highest BCUT2D eigenvalue weighted by Crippen LogP contribution is 1.92. The van der Waals surface area contributed by atoms with Gasteiger partial charge in [0.05, 0.1) is 6.54 Å². The molecule has 1 heterocycles. The molecule has 4 heteroatoms. The quantitative estimate of drug-likeness (QED) is 0.677. The largest absolute Gasteiger partial charge is 0.366 e. The molecule has 0 aliphatic heterocycles. The molecule has 0 bridgehead atoms. The molecule has 1 aromatic heterocycles. The van der Waals surface area contributed by atoms with Crippen LogP contribution < -0.4 is 5.56 Å². The molecule has 1 atom stereocenters. The fourth-order valence-electron chi connectivity index (χ4n) is 1.04. The van der Waals surface area contributed by atoms with Crippen molar-refractivity contribution in [3.05, 3.63) is 34.2 Å². The lowest BCUT2D eigenvalue weighted by atomic mass is 10.3. The minimum Gasteiger partial charge on any atom is -0.366 e. The van der Waals surface area contributed by atoms with Gasteiger partial charge in [-0.3, -0.25) is 4.79 Å². The summed E-state index contributed by atoms with van der Waals surface area (Å²) in [5, 5.41) is 9.14. The molecule has 0 aliphatic carbocycles. The van der Waals surface area contributed by atoms with Crippen LogP contribution in [0.2, 0.25) is 0 Å². The van der Waals surface area contributed by atoms with Crippen LogP contribution in [0.25, 0.3) is 0 Å². The fraction of sp³-hybridized carbons (Fsp3) is 0.444. The van der Waals surface area contributed by atoms with Crippen LogP contribution in [0.1, 0.15) is 5.56 Å². The Balaban J connectivity index is 2.89. The summed E-state index contributed by atoms with van der Waals surface area (Å²) in [5.41, 5.74) is 0.560. The molecule has 4 nitrogen and oxygen atoms in total. The van der Waals surface area contributed by atoms with Crippen LogP contribution in [-0.4, -0.2) is 23.1 Å². The van der Waals surface area contributed by atoms with E-state index in [9.17, 15) is 4.79 Å². The van der Waals surface area contributed by atoms with Crippen LogP contribution in [0.4, 0.5) is 0 Å².